The lowest BCUT2D eigenvalue weighted by Crippen LogP contribution is -2.38. The molecule has 0 spiro atoms. The number of ether oxygens (including phenoxy) is 2. The number of nitrogens with zero attached hydrogens (tertiary/aromatic N) is 2. The van der Waals surface area contributed by atoms with Gasteiger partial charge in [0.05, 0.1) is 13.2 Å². The summed E-state index contributed by atoms with van der Waals surface area (Å²) in [6.45, 7) is 7.28. The molecule has 1 aliphatic rings. The molecule has 0 N–H and O–H groups in total. The average molecular weight is 397 g/mol. The molecule has 1 heterocycles. The standard InChI is InChI=1S/C20H29ClN2O4/c1-16(2)15-27-20(25)23-11-4-10-22(12-13-23)19(24)5-3-14-26-18-8-6-17(21)7-9-18/h6-9,16H,3-5,10-15H2,1-2H3. The van der Waals surface area contributed by atoms with Crippen LogP contribution in [0.3, 0.4) is 0 Å². The number of carbonyl (C=O) groups is 2. The molecule has 2 rings (SSSR count). The molecule has 1 aliphatic heterocycles. The first-order valence-corrected chi connectivity index (χ1v) is 9.91. The van der Waals surface area contributed by atoms with Gasteiger partial charge in [0, 0.05) is 37.6 Å². The van der Waals surface area contributed by atoms with Gasteiger partial charge in [-0.05, 0) is 43.0 Å². The van der Waals surface area contributed by atoms with Crippen LogP contribution in [0.2, 0.25) is 5.02 Å². The van der Waals surface area contributed by atoms with Crippen LogP contribution in [0.4, 0.5) is 4.79 Å². The highest BCUT2D eigenvalue weighted by molar-refractivity contribution is 6.30. The fourth-order valence-corrected chi connectivity index (χ4v) is 2.91. The van der Waals surface area contributed by atoms with Crippen LogP contribution in [0.25, 0.3) is 0 Å². The summed E-state index contributed by atoms with van der Waals surface area (Å²) in [4.78, 5) is 28.0. The molecule has 0 atom stereocenters. The average Bonchev–Trinajstić information content (AvgIpc) is 2.91. The van der Waals surface area contributed by atoms with Crippen molar-refractivity contribution in [3.63, 3.8) is 0 Å². The van der Waals surface area contributed by atoms with Crippen LogP contribution in [0.5, 0.6) is 5.75 Å². The summed E-state index contributed by atoms with van der Waals surface area (Å²) in [6, 6.07) is 7.17. The van der Waals surface area contributed by atoms with Gasteiger partial charge in [-0.1, -0.05) is 25.4 Å². The Morgan fingerprint density at radius 3 is 2.44 bits per heavy atom. The fraction of sp³-hybridized carbons (Fsp3) is 0.600. The molecule has 0 bridgehead atoms. The van der Waals surface area contributed by atoms with Crippen LogP contribution in [-0.4, -0.2) is 61.2 Å². The summed E-state index contributed by atoms with van der Waals surface area (Å²) in [5.74, 6) is 1.17. The second-order valence-electron chi connectivity index (χ2n) is 7.10. The Morgan fingerprint density at radius 1 is 1.07 bits per heavy atom. The minimum Gasteiger partial charge on any atom is -0.494 e. The quantitative estimate of drug-likeness (QED) is 0.657. The first-order valence-electron chi connectivity index (χ1n) is 9.53. The van der Waals surface area contributed by atoms with E-state index in [0.717, 1.165) is 12.2 Å². The molecule has 1 aromatic carbocycles. The summed E-state index contributed by atoms with van der Waals surface area (Å²) in [5.41, 5.74) is 0. The van der Waals surface area contributed by atoms with E-state index in [1.165, 1.54) is 0 Å². The van der Waals surface area contributed by atoms with Crippen molar-refractivity contribution in [1.29, 1.82) is 0 Å². The summed E-state index contributed by atoms with van der Waals surface area (Å²) in [6.07, 6.45) is 1.57. The largest absolute Gasteiger partial charge is 0.494 e. The topological polar surface area (TPSA) is 59.1 Å². The van der Waals surface area contributed by atoms with Crippen molar-refractivity contribution in [2.45, 2.75) is 33.1 Å². The van der Waals surface area contributed by atoms with E-state index >= 15 is 0 Å². The van der Waals surface area contributed by atoms with Crippen LogP contribution in [-0.2, 0) is 9.53 Å². The molecule has 1 fully saturated rings. The van der Waals surface area contributed by atoms with Gasteiger partial charge < -0.3 is 19.3 Å². The smallest absolute Gasteiger partial charge is 0.409 e. The van der Waals surface area contributed by atoms with E-state index in [1.807, 2.05) is 30.9 Å². The number of rotatable bonds is 7. The van der Waals surface area contributed by atoms with Crippen molar-refractivity contribution in [2.75, 3.05) is 39.4 Å². The highest BCUT2D eigenvalue weighted by Crippen LogP contribution is 2.16. The van der Waals surface area contributed by atoms with E-state index < -0.39 is 0 Å². The Kier molecular flexibility index (Phi) is 8.72. The first kappa shape index (κ1) is 21.4. The SMILES string of the molecule is CC(C)COC(=O)N1CCCN(C(=O)CCCOc2ccc(Cl)cc2)CC1. The van der Waals surface area contributed by atoms with E-state index in [9.17, 15) is 9.59 Å². The lowest BCUT2D eigenvalue weighted by atomic mass is 10.2. The summed E-state index contributed by atoms with van der Waals surface area (Å²) >= 11 is 5.84. The van der Waals surface area contributed by atoms with Crippen molar-refractivity contribution in [3.05, 3.63) is 29.3 Å². The van der Waals surface area contributed by atoms with E-state index in [-0.39, 0.29) is 12.0 Å². The van der Waals surface area contributed by atoms with Crippen LogP contribution >= 0.6 is 11.6 Å². The monoisotopic (exact) mass is 396 g/mol. The predicted octanol–water partition coefficient (Wildman–Crippen LogP) is 3.83. The molecule has 6 nitrogen and oxygen atoms in total. The number of halogens is 1. The molecule has 7 heteroatoms. The summed E-state index contributed by atoms with van der Waals surface area (Å²) in [5, 5.41) is 0.667. The third-order valence-corrected chi connectivity index (χ3v) is 4.52. The zero-order chi connectivity index (χ0) is 19.6. The Balaban J connectivity index is 1.67. The van der Waals surface area contributed by atoms with Crippen LogP contribution in [0.1, 0.15) is 33.1 Å². The Labute approximate surface area is 166 Å². The van der Waals surface area contributed by atoms with Gasteiger partial charge in [-0.25, -0.2) is 4.79 Å². The van der Waals surface area contributed by atoms with E-state index in [1.54, 1.807) is 17.0 Å². The van der Waals surface area contributed by atoms with Gasteiger partial charge >= 0.3 is 6.09 Å². The maximum absolute atomic E-state index is 12.4. The van der Waals surface area contributed by atoms with Crippen LogP contribution in [0.15, 0.2) is 24.3 Å². The van der Waals surface area contributed by atoms with Gasteiger partial charge in [0.2, 0.25) is 5.91 Å². The fourth-order valence-electron chi connectivity index (χ4n) is 2.78. The molecule has 1 aromatic rings. The van der Waals surface area contributed by atoms with Gasteiger partial charge in [0.1, 0.15) is 5.75 Å². The van der Waals surface area contributed by atoms with E-state index in [2.05, 4.69) is 0 Å². The lowest BCUT2D eigenvalue weighted by Gasteiger charge is -2.22. The first-order chi connectivity index (χ1) is 13.0. The zero-order valence-corrected chi connectivity index (χ0v) is 16.9. The Hall–Kier alpha value is -1.95. The number of carbonyl (C=O) groups excluding carboxylic acids is 2. The molecular weight excluding hydrogens is 368 g/mol. The van der Waals surface area contributed by atoms with Gasteiger partial charge in [0.25, 0.3) is 0 Å². The molecule has 0 saturated carbocycles. The molecule has 1 saturated heterocycles. The molecular formula is C20H29ClN2O4. The van der Waals surface area contributed by atoms with Crippen LogP contribution in [0, 0.1) is 5.92 Å². The van der Waals surface area contributed by atoms with E-state index in [4.69, 9.17) is 21.1 Å². The predicted molar refractivity (Wildman–Crippen MR) is 105 cm³/mol. The number of benzene rings is 1. The van der Waals surface area contributed by atoms with Crippen molar-refractivity contribution >= 4 is 23.6 Å². The van der Waals surface area contributed by atoms with Gasteiger partial charge in [-0.3, -0.25) is 4.79 Å². The highest BCUT2D eigenvalue weighted by atomic mass is 35.5. The Bertz CT molecular complexity index is 607. The van der Waals surface area contributed by atoms with Gasteiger partial charge in [-0.2, -0.15) is 0 Å². The number of amides is 2. The molecule has 0 aromatic heterocycles. The maximum atomic E-state index is 12.4. The second kappa shape index (κ2) is 11.0. The molecule has 27 heavy (non-hydrogen) atoms. The summed E-state index contributed by atoms with van der Waals surface area (Å²) < 4.78 is 10.9. The van der Waals surface area contributed by atoms with Crippen molar-refractivity contribution in [2.24, 2.45) is 5.92 Å². The number of hydrogen-bond donors (Lipinski definition) is 0. The molecule has 0 aliphatic carbocycles. The molecule has 150 valence electrons. The Morgan fingerprint density at radius 2 is 1.74 bits per heavy atom. The van der Waals surface area contributed by atoms with Gasteiger partial charge in [0.15, 0.2) is 0 Å². The van der Waals surface area contributed by atoms with Gasteiger partial charge in [-0.15, -0.1) is 0 Å². The molecule has 2 amide bonds. The molecule has 0 radical (unpaired) electrons. The zero-order valence-electron chi connectivity index (χ0n) is 16.2. The molecule has 0 unspecified atom stereocenters. The minimum absolute atomic E-state index is 0.104. The lowest BCUT2D eigenvalue weighted by molar-refractivity contribution is -0.131. The third kappa shape index (κ3) is 7.67. The second-order valence-corrected chi connectivity index (χ2v) is 7.53. The third-order valence-electron chi connectivity index (χ3n) is 4.26. The van der Waals surface area contributed by atoms with Crippen molar-refractivity contribution in [3.8, 4) is 5.75 Å². The normalized spacial score (nSPS) is 14.8. The number of hydrogen-bond acceptors (Lipinski definition) is 4. The van der Waals surface area contributed by atoms with Crippen LogP contribution < -0.4 is 4.74 Å². The van der Waals surface area contributed by atoms with Crippen molar-refractivity contribution in [1.82, 2.24) is 9.80 Å². The minimum atomic E-state index is -0.283. The highest BCUT2D eigenvalue weighted by Gasteiger charge is 2.22. The van der Waals surface area contributed by atoms with E-state index in [0.29, 0.717) is 63.2 Å². The summed E-state index contributed by atoms with van der Waals surface area (Å²) in [7, 11) is 0. The van der Waals surface area contributed by atoms with Crippen molar-refractivity contribution < 1.29 is 19.1 Å². The maximum Gasteiger partial charge on any atom is 0.409 e.